The maximum atomic E-state index is 12.3. The molecule has 2 aromatic rings. The summed E-state index contributed by atoms with van der Waals surface area (Å²) in [5.41, 5.74) is 2.74. The van der Waals surface area contributed by atoms with Crippen LogP contribution in [0.2, 0.25) is 0 Å². The van der Waals surface area contributed by atoms with Crippen molar-refractivity contribution in [3.8, 4) is 0 Å². The third-order valence-corrected chi connectivity index (χ3v) is 4.18. The normalized spacial score (nSPS) is 13.1. The van der Waals surface area contributed by atoms with E-state index in [9.17, 15) is 9.59 Å². The third kappa shape index (κ3) is 2.59. The summed E-state index contributed by atoms with van der Waals surface area (Å²) in [7, 11) is 0. The van der Waals surface area contributed by atoms with Crippen LogP contribution in [0.4, 0.5) is 15.6 Å². The molecule has 1 aliphatic heterocycles. The molecule has 3 rings (SSSR count). The van der Waals surface area contributed by atoms with Crippen molar-refractivity contribution >= 4 is 34.2 Å². The van der Waals surface area contributed by atoms with Crippen LogP contribution in [0, 0.1) is 6.92 Å². The number of nitrogens with one attached hydrogen (secondary N) is 1. The predicted octanol–water partition coefficient (Wildman–Crippen LogP) is 2.74. The number of carboxylic acid groups (broad SMARTS) is 1. The van der Waals surface area contributed by atoms with Crippen LogP contribution in [-0.2, 0) is 6.42 Å². The number of urea groups is 1. The van der Waals surface area contributed by atoms with Gasteiger partial charge in [0.2, 0.25) is 0 Å². The Labute approximate surface area is 125 Å². The van der Waals surface area contributed by atoms with Crippen molar-refractivity contribution in [2.24, 2.45) is 0 Å². The Morgan fingerprint density at radius 1 is 1.43 bits per heavy atom. The van der Waals surface area contributed by atoms with Crippen molar-refractivity contribution in [2.75, 3.05) is 16.8 Å². The van der Waals surface area contributed by atoms with E-state index in [4.69, 9.17) is 5.11 Å². The molecular weight excluding hydrogens is 290 g/mol. The Morgan fingerprint density at radius 3 is 2.90 bits per heavy atom. The Morgan fingerprint density at radius 2 is 2.24 bits per heavy atom. The second-order valence-corrected chi connectivity index (χ2v) is 5.63. The number of aromatic nitrogens is 1. The number of fused-ring (bicyclic) bond motifs is 1. The summed E-state index contributed by atoms with van der Waals surface area (Å²) >= 11 is 1.38. The summed E-state index contributed by atoms with van der Waals surface area (Å²) in [6.07, 6.45) is 0.654. The first-order valence-corrected chi connectivity index (χ1v) is 7.29. The van der Waals surface area contributed by atoms with Crippen molar-refractivity contribution in [2.45, 2.75) is 13.3 Å². The zero-order chi connectivity index (χ0) is 15.0. The number of rotatable bonds is 2. The van der Waals surface area contributed by atoms with E-state index >= 15 is 0 Å². The van der Waals surface area contributed by atoms with E-state index in [-0.39, 0.29) is 11.6 Å². The van der Waals surface area contributed by atoms with E-state index in [0.717, 1.165) is 16.9 Å². The molecule has 0 saturated carbocycles. The van der Waals surface area contributed by atoms with Crippen LogP contribution in [0.3, 0.4) is 0 Å². The molecule has 2 amide bonds. The van der Waals surface area contributed by atoms with E-state index in [1.54, 1.807) is 17.0 Å². The zero-order valence-corrected chi connectivity index (χ0v) is 12.1. The molecule has 0 aliphatic carbocycles. The smallest absolute Gasteiger partial charge is 0.335 e. The minimum Gasteiger partial charge on any atom is -0.478 e. The predicted molar refractivity (Wildman–Crippen MR) is 80.3 cm³/mol. The highest BCUT2D eigenvalue weighted by Gasteiger charge is 2.26. The molecule has 2 N–H and O–H groups in total. The summed E-state index contributed by atoms with van der Waals surface area (Å²) in [6, 6.07) is 4.57. The van der Waals surface area contributed by atoms with E-state index in [2.05, 4.69) is 10.3 Å². The summed E-state index contributed by atoms with van der Waals surface area (Å²) < 4.78 is 0. The monoisotopic (exact) mass is 303 g/mol. The van der Waals surface area contributed by atoms with E-state index < -0.39 is 5.97 Å². The molecule has 0 spiro atoms. The minimum atomic E-state index is -0.959. The molecule has 108 valence electrons. The van der Waals surface area contributed by atoms with Gasteiger partial charge in [0.15, 0.2) is 5.13 Å². The van der Waals surface area contributed by atoms with E-state index in [1.165, 1.54) is 17.4 Å². The number of hydrogen-bond donors (Lipinski definition) is 2. The lowest BCUT2D eigenvalue weighted by atomic mass is 10.1. The Kier molecular flexibility index (Phi) is 3.34. The molecule has 2 heterocycles. The van der Waals surface area contributed by atoms with Crippen LogP contribution < -0.4 is 10.2 Å². The van der Waals surface area contributed by atoms with Crippen LogP contribution in [0.15, 0.2) is 23.6 Å². The Bertz CT molecular complexity index is 726. The fourth-order valence-electron chi connectivity index (χ4n) is 2.32. The highest BCUT2D eigenvalue weighted by molar-refractivity contribution is 7.13. The topological polar surface area (TPSA) is 82.5 Å². The summed E-state index contributed by atoms with van der Waals surface area (Å²) in [5, 5.41) is 14.2. The second-order valence-electron chi connectivity index (χ2n) is 4.77. The lowest BCUT2D eigenvalue weighted by Gasteiger charge is -2.17. The molecule has 0 atom stereocenters. The Hall–Kier alpha value is -2.41. The fraction of sp³-hybridized carbons (Fsp3) is 0.214. The van der Waals surface area contributed by atoms with Crippen molar-refractivity contribution in [1.82, 2.24) is 4.98 Å². The van der Waals surface area contributed by atoms with Gasteiger partial charge in [0.1, 0.15) is 0 Å². The van der Waals surface area contributed by atoms with Gasteiger partial charge >= 0.3 is 12.0 Å². The number of aryl methyl sites for hydroxylation is 1. The van der Waals surface area contributed by atoms with Gasteiger partial charge in [-0.2, -0.15) is 0 Å². The molecule has 1 aromatic carbocycles. The number of carboxylic acids is 1. The molecule has 7 heteroatoms. The second kappa shape index (κ2) is 5.17. The first-order chi connectivity index (χ1) is 10.0. The van der Waals surface area contributed by atoms with Gasteiger partial charge in [0.05, 0.1) is 11.3 Å². The molecule has 1 aromatic heterocycles. The van der Waals surface area contributed by atoms with E-state index in [0.29, 0.717) is 18.1 Å². The lowest BCUT2D eigenvalue weighted by Crippen LogP contribution is -2.33. The number of thiazole rings is 1. The van der Waals surface area contributed by atoms with E-state index in [1.807, 2.05) is 12.3 Å². The number of carbonyl (C=O) groups excluding carboxylic acids is 1. The lowest BCUT2D eigenvalue weighted by molar-refractivity contribution is 0.0697. The molecule has 21 heavy (non-hydrogen) atoms. The van der Waals surface area contributed by atoms with Crippen molar-refractivity contribution in [3.63, 3.8) is 0 Å². The van der Waals surface area contributed by atoms with Crippen LogP contribution in [-0.4, -0.2) is 28.6 Å². The van der Waals surface area contributed by atoms with Gasteiger partial charge in [-0.3, -0.25) is 10.2 Å². The number of benzene rings is 1. The zero-order valence-electron chi connectivity index (χ0n) is 11.3. The third-order valence-electron chi connectivity index (χ3n) is 3.30. The maximum absolute atomic E-state index is 12.3. The fourth-order valence-corrected chi connectivity index (χ4v) is 2.99. The molecule has 0 saturated heterocycles. The van der Waals surface area contributed by atoms with Crippen molar-refractivity contribution in [3.05, 3.63) is 40.4 Å². The van der Waals surface area contributed by atoms with Gasteiger partial charge in [0.25, 0.3) is 0 Å². The highest BCUT2D eigenvalue weighted by atomic mass is 32.1. The quantitative estimate of drug-likeness (QED) is 0.893. The Balaban J connectivity index is 1.80. The number of aromatic carboxylic acids is 1. The highest BCUT2D eigenvalue weighted by Crippen LogP contribution is 2.29. The average molecular weight is 303 g/mol. The minimum absolute atomic E-state index is 0.242. The number of anilines is 2. The number of hydrogen-bond acceptors (Lipinski definition) is 4. The molecule has 0 fully saturated rings. The van der Waals surface area contributed by atoms with Gasteiger partial charge < -0.3 is 5.11 Å². The average Bonchev–Trinajstić information content (AvgIpc) is 3.04. The summed E-state index contributed by atoms with van der Waals surface area (Å²) in [4.78, 5) is 29.0. The largest absolute Gasteiger partial charge is 0.478 e. The van der Waals surface area contributed by atoms with Gasteiger partial charge in [-0.15, -0.1) is 11.3 Å². The SMILES string of the molecule is Cc1csc(NC(=O)N2CCc3cc(C(=O)O)ccc32)n1. The van der Waals surface area contributed by atoms with Gasteiger partial charge in [0, 0.05) is 17.6 Å². The number of amides is 2. The molecule has 0 unspecified atom stereocenters. The van der Waals surface area contributed by atoms with Crippen molar-refractivity contribution < 1.29 is 14.7 Å². The first kappa shape index (κ1) is 13.6. The van der Waals surface area contributed by atoms with Gasteiger partial charge in [-0.25, -0.2) is 14.6 Å². The van der Waals surface area contributed by atoms with Gasteiger partial charge in [-0.05, 0) is 37.1 Å². The summed E-state index contributed by atoms with van der Waals surface area (Å²) in [5.74, 6) is -0.959. The summed E-state index contributed by atoms with van der Waals surface area (Å²) in [6.45, 7) is 2.40. The molecule has 0 radical (unpaired) electrons. The molecule has 0 bridgehead atoms. The number of carbonyl (C=O) groups is 2. The van der Waals surface area contributed by atoms with Crippen LogP contribution in [0.1, 0.15) is 21.6 Å². The number of nitrogens with zero attached hydrogens (tertiary/aromatic N) is 2. The maximum Gasteiger partial charge on any atom is 0.335 e. The molecule has 1 aliphatic rings. The van der Waals surface area contributed by atoms with Crippen LogP contribution >= 0.6 is 11.3 Å². The molecule has 6 nitrogen and oxygen atoms in total. The van der Waals surface area contributed by atoms with Crippen molar-refractivity contribution in [1.29, 1.82) is 0 Å². The van der Waals surface area contributed by atoms with Crippen LogP contribution in [0.25, 0.3) is 0 Å². The van der Waals surface area contributed by atoms with Gasteiger partial charge in [-0.1, -0.05) is 0 Å². The first-order valence-electron chi connectivity index (χ1n) is 6.41. The van der Waals surface area contributed by atoms with Crippen LogP contribution in [0.5, 0.6) is 0 Å². The standard InChI is InChI=1S/C14H13N3O3S/c1-8-7-21-13(15-8)16-14(20)17-5-4-9-6-10(12(18)19)2-3-11(9)17/h2-3,6-7H,4-5H2,1H3,(H,18,19)(H,15,16,20). The molecular formula is C14H13N3O3S.